The second-order valence-electron chi connectivity index (χ2n) is 17.3. The first kappa shape index (κ1) is 59.6. The number of aromatic nitrogens is 8. The third-order valence-corrected chi connectivity index (χ3v) is 13.7. The molecule has 10 rings (SSSR count). The SMILES string of the molecule is CC(C)(C)OC(=O)N1CCN(C(=O)C(=O)c2c[nH]c3c(Br)ncc(F)c23)CC1.Cl.Fc1cnc(Br)c2[nH]ccc12.O=C(C(=O)N1CCNCC1)c1c[nH]c2c(Br)ncc(F)c12.O=C(O)C(=O)c1c[nH]c2c(Br)ncc(F)c12. The van der Waals surface area contributed by atoms with Crippen molar-refractivity contribution < 1.29 is 61.0 Å². The minimum absolute atomic E-state index is 0. The smallest absolute Gasteiger partial charge is 0.410 e. The number of nitrogens with one attached hydrogen (secondary N) is 5. The minimum atomic E-state index is -1.63. The average Bonchev–Trinajstić information content (AvgIpc) is 4.27. The van der Waals surface area contributed by atoms with Crippen LogP contribution in [0.15, 0.2) is 74.1 Å². The van der Waals surface area contributed by atoms with Gasteiger partial charge in [0.25, 0.3) is 29.2 Å². The van der Waals surface area contributed by atoms with Crippen LogP contribution in [0.3, 0.4) is 0 Å². The van der Waals surface area contributed by atoms with Crippen LogP contribution in [-0.4, -0.2) is 159 Å². The molecule has 0 aliphatic carbocycles. The van der Waals surface area contributed by atoms with Gasteiger partial charge >= 0.3 is 12.1 Å². The maximum absolute atomic E-state index is 14.2. The summed E-state index contributed by atoms with van der Waals surface area (Å²) in [6.45, 7) is 8.47. The van der Waals surface area contributed by atoms with E-state index in [2.05, 4.69) is 109 Å². The van der Waals surface area contributed by atoms with E-state index in [1.165, 1.54) is 33.3 Å². The van der Waals surface area contributed by atoms with Crippen LogP contribution in [0, 0.1) is 23.3 Å². The molecular weight excluding hydrogens is 1310 g/mol. The lowest BCUT2D eigenvalue weighted by Gasteiger charge is -2.35. The first-order chi connectivity index (χ1) is 36.0. The zero-order chi connectivity index (χ0) is 55.3. The number of aliphatic carboxylic acids is 1. The summed E-state index contributed by atoms with van der Waals surface area (Å²) in [5.74, 6) is -8.03. The number of Topliss-reactive ketones (excluding diaryl/α,β-unsaturated/α-hetero) is 3. The van der Waals surface area contributed by atoms with E-state index >= 15 is 0 Å². The Morgan fingerprint density at radius 2 is 0.909 bits per heavy atom. The van der Waals surface area contributed by atoms with Crippen molar-refractivity contribution in [2.75, 3.05) is 52.4 Å². The number of carboxylic acids is 1. The van der Waals surface area contributed by atoms with Crippen LogP contribution in [0.2, 0.25) is 0 Å². The van der Waals surface area contributed by atoms with Crippen molar-refractivity contribution in [1.29, 1.82) is 0 Å². The Morgan fingerprint density at radius 3 is 1.30 bits per heavy atom. The summed E-state index contributed by atoms with van der Waals surface area (Å²) in [5.41, 5.74) is 0.794. The molecule has 0 saturated carbocycles. The molecule has 0 aromatic carbocycles. The summed E-state index contributed by atoms with van der Waals surface area (Å²) in [6.07, 6.45) is 9.14. The summed E-state index contributed by atoms with van der Waals surface area (Å²) in [6, 6.07) is 1.68. The number of carbonyl (C=O) groups is 7. The van der Waals surface area contributed by atoms with Crippen LogP contribution in [0.5, 0.6) is 0 Å². The largest absolute Gasteiger partial charge is 0.475 e. The molecule has 0 spiro atoms. The number of ether oxygens (including phenoxy) is 1. The van der Waals surface area contributed by atoms with Gasteiger partial charge < -0.3 is 49.8 Å². The van der Waals surface area contributed by atoms with Gasteiger partial charge in [0.15, 0.2) is 23.3 Å². The van der Waals surface area contributed by atoms with Crippen LogP contribution in [0.1, 0.15) is 51.8 Å². The van der Waals surface area contributed by atoms with E-state index in [4.69, 9.17) is 9.84 Å². The Bertz CT molecular complexity index is 3560. The number of ketones is 3. The van der Waals surface area contributed by atoms with Crippen LogP contribution < -0.4 is 5.32 Å². The van der Waals surface area contributed by atoms with Gasteiger partial charge in [-0.15, -0.1) is 12.4 Å². The quantitative estimate of drug-likeness (QED) is 0.0394. The van der Waals surface area contributed by atoms with E-state index in [0.717, 1.165) is 24.8 Å². The Hall–Kier alpha value is -6.66. The number of carbonyl (C=O) groups excluding carboxylic acids is 6. The van der Waals surface area contributed by atoms with Gasteiger partial charge in [0.1, 0.15) is 24.0 Å². The van der Waals surface area contributed by atoms with E-state index in [-0.39, 0.29) is 82.8 Å². The van der Waals surface area contributed by atoms with E-state index in [1.807, 2.05) is 0 Å². The molecule has 77 heavy (non-hydrogen) atoms. The molecule has 2 aliphatic rings. The van der Waals surface area contributed by atoms with Crippen molar-refractivity contribution in [3.63, 3.8) is 0 Å². The second-order valence-corrected chi connectivity index (χ2v) is 20.3. The molecule has 8 aromatic heterocycles. The monoisotopic (exact) mass is 1340 g/mol. The second kappa shape index (κ2) is 25.2. The predicted octanol–water partition coefficient (Wildman–Crippen LogP) is 8.42. The Labute approximate surface area is 471 Å². The number of H-pyrrole nitrogens is 4. The van der Waals surface area contributed by atoms with E-state index in [9.17, 15) is 51.1 Å². The number of carboxylic acid groups (broad SMARTS) is 1. The topological polar surface area (TPSA) is 285 Å². The Kier molecular flexibility index (Phi) is 19.5. The van der Waals surface area contributed by atoms with Gasteiger partial charge in [-0.3, -0.25) is 24.0 Å². The lowest BCUT2D eigenvalue weighted by atomic mass is 10.1. The van der Waals surface area contributed by atoms with Crippen LogP contribution >= 0.6 is 76.1 Å². The molecule has 2 saturated heterocycles. The first-order valence-corrected chi connectivity index (χ1v) is 25.5. The molecule has 10 heterocycles. The minimum Gasteiger partial charge on any atom is -0.475 e. The number of aromatic amines is 4. The Morgan fingerprint density at radius 1 is 0.545 bits per heavy atom. The molecule has 0 bridgehead atoms. The number of hydrogen-bond donors (Lipinski definition) is 6. The fourth-order valence-electron chi connectivity index (χ4n) is 7.67. The third-order valence-electron chi connectivity index (χ3n) is 11.3. The average molecular weight is 1350 g/mol. The van der Waals surface area contributed by atoms with Gasteiger partial charge in [0, 0.05) is 82.5 Å². The van der Waals surface area contributed by atoms with Crippen molar-refractivity contribution in [2.45, 2.75) is 26.4 Å². The highest BCUT2D eigenvalue weighted by Crippen LogP contribution is 2.30. The van der Waals surface area contributed by atoms with Crippen molar-refractivity contribution >= 4 is 161 Å². The molecule has 3 amide bonds. The molecule has 6 N–H and O–H groups in total. The first-order valence-electron chi connectivity index (χ1n) is 22.3. The number of rotatable bonds is 6. The van der Waals surface area contributed by atoms with Crippen molar-refractivity contribution in [3.8, 4) is 0 Å². The summed E-state index contributed by atoms with van der Waals surface area (Å²) in [7, 11) is 0. The number of hydrogen-bond acceptors (Lipinski definition) is 13. The molecule has 30 heteroatoms. The highest BCUT2D eigenvalue weighted by atomic mass is 79.9. The molecule has 8 aromatic rings. The van der Waals surface area contributed by atoms with E-state index in [0.29, 0.717) is 66.5 Å². The van der Waals surface area contributed by atoms with E-state index < -0.39 is 64.3 Å². The van der Waals surface area contributed by atoms with Gasteiger partial charge in [-0.1, -0.05) is 0 Å². The molecule has 2 aliphatic heterocycles. The van der Waals surface area contributed by atoms with Crippen molar-refractivity contribution in [3.05, 3.63) is 114 Å². The molecule has 2 fully saturated rings. The van der Waals surface area contributed by atoms with E-state index in [1.54, 1.807) is 33.0 Å². The molecule has 21 nitrogen and oxygen atoms in total. The van der Waals surface area contributed by atoms with Gasteiger partial charge in [-0.05, 0) is 90.6 Å². The number of nitrogens with zero attached hydrogens (tertiary/aromatic N) is 7. The molecule has 0 unspecified atom stereocenters. The summed E-state index contributed by atoms with van der Waals surface area (Å²) < 4.78 is 61.4. The molecular formula is C47H41Br4ClF4N12O9. The van der Waals surface area contributed by atoms with Gasteiger partial charge in [0.2, 0.25) is 0 Å². The highest BCUT2D eigenvalue weighted by molar-refractivity contribution is 9.11. The van der Waals surface area contributed by atoms with Gasteiger partial charge in [-0.2, -0.15) is 0 Å². The number of pyridine rings is 4. The standard InChI is InChI=1S/C18H20BrFN4O4.C13H12BrFN4O2.C9H4BrFN2O3.C7H4BrFN2.ClH/c1-18(2,3)28-17(27)24-6-4-23(5-7-24)16(26)14(25)10-8-21-13-12(10)11(20)9-22-15(13)19;14-12-10-9(8(15)6-18-12)7(5-17-10)11(20)13(21)19-3-1-16-2-4-19;10-8-6-5(4(11)2-13-8)3(1-12-6)7(14)9(15)16;8-7-6-4(1-2-10-6)5(9)3-11-7;/h8-9,21H,4-7H2,1-3H3;5-6,16-17H,1-4H2;1-2,12H,(H,15,16);1-3,10H;1H. The van der Waals surface area contributed by atoms with Crippen molar-refractivity contribution in [1.82, 2.24) is 59.9 Å². The van der Waals surface area contributed by atoms with Gasteiger partial charge in [0.05, 0.1) is 79.7 Å². The van der Waals surface area contributed by atoms with Crippen molar-refractivity contribution in [2.24, 2.45) is 0 Å². The van der Waals surface area contributed by atoms with Crippen LogP contribution in [0.4, 0.5) is 22.4 Å². The normalized spacial score (nSPS) is 13.4. The summed E-state index contributed by atoms with van der Waals surface area (Å²) in [4.78, 5) is 114. The van der Waals surface area contributed by atoms with Crippen LogP contribution in [0.25, 0.3) is 43.6 Å². The highest BCUT2D eigenvalue weighted by Gasteiger charge is 2.33. The predicted molar refractivity (Wildman–Crippen MR) is 287 cm³/mol. The zero-order valence-electron chi connectivity index (χ0n) is 40.1. The fraction of sp³-hybridized carbons (Fsp3) is 0.255. The van der Waals surface area contributed by atoms with Crippen LogP contribution in [-0.2, 0) is 19.1 Å². The number of piperazine rings is 2. The zero-order valence-corrected chi connectivity index (χ0v) is 47.3. The lowest BCUT2D eigenvalue weighted by molar-refractivity contribution is -0.132. The number of amides is 3. The Balaban J connectivity index is 0.000000174. The van der Waals surface area contributed by atoms with Gasteiger partial charge in [-0.25, -0.2) is 47.1 Å². The fourth-order valence-corrected chi connectivity index (χ4v) is 9.35. The molecule has 406 valence electrons. The third kappa shape index (κ3) is 13.4. The molecule has 0 radical (unpaired) electrons. The number of halogens is 9. The maximum atomic E-state index is 14.2. The number of fused-ring (bicyclic) bond motifs is 4. The summed E-state index contributed by atoms with van der Waals surface area (Å²) >= 11 is 12.6. The summed E-state index contributed by atoms with van der Waals surface area (Å²) in [5, 5.41) is 12.3. The molecule has 0 atom stereocenters. The maximum Gasteiger partial charge on any atom is 0.410 e. The lowest BCUT2D eigenvalue weighted by Crippen LogP contribution is -2.53.